The van der Waals surface area contributed by atoms with Crippen molar-refractivity contribution in [1.29, 1.82) is 0 Å². The van der Waals surface area contributed by atoms with E-state index >= 15 is 0 Å². The highest BCUT2D eigenvalue weighted by atomic mass is 14.2. The molecule has 2 aromatic carbocycles. The number of allylic oxidation sites excluding steroid dienone is 4. The van der Waals surface area contributed by atoms with E-state index in [0.717, 1.165) is 16.7 Å². The highest BCUT2D eigenvalue weighted by Crippen LogP contribution is 2.36. The van der Waals surface area contributed by atoms with E-state index in [2.05, 4.69) is 88.5 Å². The summed E-state index contributed by atoms with van der Waals surface area (Å²) in [5, 5.41) is 0. The minimum absolute atomic E-state index is 0.0358. The third kappa shape index (κ3) is 4.32. The van der Waals surface area contributed by atoms with Crippen LogP contribution in [0.5, 0.6) is 0 Å². The van der Waals surface area contributed by atoms with Crippen LogP contribution in [0.15, 0.2) is 85.0 Å². The van der Waals surface area contributed by atoms with Crippen LogP contribution in [0.1, 0.15) is 33.3 Å². The molecular weight excluding hydrogens is 276 g/mol. The monoisotopic (exact) mass is 302 g/mol. The third-order valence-corrected chi connectivity index (χ3v) is 3.86. The van der Waals surface area contributed by atoms with Gasteiger partial charge in [0.1, 0.15) is 0 Å². The Morgan fingerprint density at radius 2 is 1.35 bits per heavy atom. The SMILES string of the molecule is C=C(C)/C=C(\C(=C)c1ccc(-c2ccccc2)cc1)C(C)(C)C. The molecule has 0 heterocycles. The molecule has 0 aromatic heterocycles. The number of hydrogen-bond acceptors (Lipinski definition) is 0. The van der Waals surface area contributed by atoms with Crippen molar-refractivity contribution in [3.8, 4) is 11.1 Å². The predicted molar refractivity (Wildman–Crippen MR) is 103 cm³/mol. The van der Waals surface area contributed by atoms with Crippen LogP contribution in [0.2, 0.25) is 0 Å². The topological polar surface area (TPSA) is 0 Å². The second kappa shape index (κ2) is 6.83. The Kier molecular flexibility index (Phi) is 5.05. The predicted octanol–water partition coefficient (Wildman–Crippen LogP) is 6.92. The lowest BCUT2D eigenvalue weighted by atomic mass is 9.79. The maximum absolute atomic E-state index is 4.34. The van der Waals surface area contributed by atoms with E-state index < -0.39 is 0 Å². The number of hydrogen-bond donors (Lipinski definition) is 0. The summed E-state index contributed by atoms with van der Waals surface area (Å²) in [6.07, 6.45) is 2.15. The van der Waals surface area contributed by atoms with Crippen molar-refractivity contribution < 1.29 is 0 Å². The summed E-state index contributed by atoms with van der Waals surface area (Å²) in [6, 6.07) is 19.1. The quantitative estimate of drug-likeness (QED) is 0.538. The molecule has 0 radical (unpaired) electrons. The van der Waals surface area contributed by atoms with Crippen LogP contribution < -0.4 is 0 Å². The van der Waals surface area contributed by atoms with E-state index in [1.165, 1.54) is 16.7 Å². The molecular formula is C23H26. The van der Waals surface area contributed by atoms with Gasteiger partial charge < -0.3 is 0 Å². The van der Waals surface area contributed by atoms with Gasteiger partial charge in [0, 0.05) is 0 Å². The number of benzene rings is 2. The normalized spacial score (nSPS) is 12.1. The van der Waals surface area contributed by atoms with Crippen LogP contribution in [-0.2, 0) is 0 Å². The Balaban J connectivity index is 2.35. The van der Waals surface area contributed by atoms with Crippen LogP contribution in [0.3, 0.4) is 0 Å². The van der Waals surface area contributed by atoms with Gasteiger partial charge in [-0.05, 0) is 40.2 Å². The van der Waals surface area contributed by atoms with Crippen LogP contribution in [-0.4, -0.2) is 0 Å². The van der Waals surface area contributed by atoms with E-state index in [4.69, 9.17) is 0 Å². The average molecular weight is 302 g/mol. The Morgan fingerprint density at radius 3 is 1.83 bits per heavy atom. The summed E-state index contributed by atoms with van der Waals surface area (Å²) in [7, 11) is 0. The van der Waals surface area contributed by atoms with Gasteiger partial charge in [-0.1, -0.05) is 100 Å². The molecule has 2 aromatic rings. The van der Waals surface area contributed by atoms with Crippen molar-refractivity contribution in [3.05, 3.63) is 90.5 Å². The van der Waals surface area contributed by atoms with Crippen LogP contribution in [0.25, 0.3) is 16.7 Å². The molecule has 0 heteroatoms. The fraction of sp³-hybridized carbons (Fsp3) is 0.217. The molecule has 0 amide bonds. The van der Waals surface area contributed by atoms with Gasteiger partial charge in [0.2, 0.25) is 0 Å². The van der Waals surface area contributed by atoms with Crippen molar-refractivity contribution in [2.45, 2.75) is 27.7 Å². The van der Waals surface area contributed by atoms with Crippen LogP contribution in [0, 0.1) is 5.41 Å². The molecule has 2 rings (SSSR count). The summed E-state index contributed by atoms with van der Waals surface area (Å²) in [5.74, 6) is 0. The van der Waals surface area contributed by atoms with Gasteiger partial charge in [-0.2, -0.15) is 0 Å². The summed E-state index contributed by atoms with van der Waals surface area (Å²) in [5.41, 5.74) is 7.01. The first-order chi connectivity index (χ1) is 10.8. The average Bonchev–Trinajstić information content (AvgIpc) is 2.52. The van der Waals surface area contributed by atoms with Crippen molar-refractivity contribution >= 4 is 5.57 Å². The number of rotatable bonds is 4. The molecule has 0 spiro atoms. The van der Waals surface area contributed by atoms with Gasteiger partial charge >= 0.3 is 0 Å². The minimum Gasteiger partial charge on any atom is -0.0961 e. The zero-order chi connectivity index (χ0) is 17.0. The first-order valence-corrected chi connectivity index (χ1v) is 8.02. The molecule has 0 aliphatic carbocycles. The van der Waals surface area contributed by atoms with Crippen molar-refractivity contribution in [3.63, 3.8) is 0 Å². The lowest BCUT2D eigenvalue weighted by molar-refractivity contribution is 0.520. The van der Waals surface area contributed by atoms with E-state index in [0.29, 0.717) is 0 Å². The van der Waals surface area contributed by atoms with Gasteiger partial charge in [-0.15, -0.1) is 0 Å². The summed E-state index contributed by atoms with van der Waals surface area (Å²) in [6.45, 7) is 17.0. The largest absolute Gasteiger partial charge is 0.0961 e. The fourth-order valence-corrected chi connectivity index (χ4v) is 2.65. The zero-order valence-corrected chi connectivity index (χ0v) is 14.7. The molecule has 23 heavy (non-hydrogen) atoms. The molecule has 0 nitrogen and oxygen atoms in total. The van der Waals surface area contributed by atoms with Gasteiger partial charge in [-0.3, -0.25) is 0 Å². The summed E-state index contributed by atoms with van der Waals surface area (Å²) >= 11 is 0. The highest BCUT2D eigenvalue weighted by molar-refractivity contribution is 5.80. The molecule has 118 valence electrons. The lowest BCUT2D eigenvalue weighted by Crippen LogP contribution is -2.11. The smallest absolute Gasteiger partial charge is 0.0126 e. The Bertz CT molecular complexity index is 720. The van der Waals surface area contributed by atoms with Gasteiger partial charge in [-0.25, -0.2) is 0 Å². The molecule has 0 N–H and O–H groups in total. The van der Waals surface area contributed by atoms with E-state index in [9.17, 15) is 0 Å². The second-order valence-electron chi connectivity index (χ2n) is 7.08. The van der Waals surface area contributed by atoms with Crippen molar-refractivity contribution in [1.82, 2.24) is 0 Å². The fourth-order valence-electron chi connectivity index (χ4n) is 2.65. The standard InChI is InChI=1S/C23H26/c1-17(2)16-22(23(4,5)6)18(3)19-12-14-21(15-13-19)20-10-8-7-9-11-20/h7-16H,1,3H2,2,4-6H3/b22-16+. The molecule has 0 saturated carbocycles. The molecule has 0 atom stereocenters. The molecule has 0 bridgehead atoms. The van der Waals surface area contributed by atoms with E-state index in [-0.39, 0.29) is 5.41 Å². The van der Waals surface area contributed by atoms with Gasteiger partial charge in [0.05, 0.1) is 0 Å². The molecule has 0 aliphatic rings. The molecule has 0 saturated heterocycles. The Labute approximate surface area is 140 Å². The van der Waals surface area contributed by atoms with Crippen molar-refractivity contribution in [2.75, 3.05) is 0 Å². The maximum Gasteiger partial charge on any atom is -0.0126 e. The maximum atomic E-state index is 4.34. The minimum atomic E-state index is 0.0358. The van der Waals surface area contributed by atoms with Crippen molar-refractivity contribution in [2.24, 2.45) is 5.41 Å². The Morgan fingerprint density at radius 1 is 0.826 bits per heavy atom. The van der Waals surface area contributed by atoms with E-state index in [1.54, 1.807) is 0 Å². The second-order valence-corrected chi connectivity index (χ2v) is 7.08. The Hall–Kier alpha value is -2.34. The van der Waals surface area contributed by atoms with Crippen LogP contribution in [0.4, 0.5) is 0 Å². The van der Waals surface area contributed by atoms with Gasteiger partial charge in [0.25, 0.3) is 0 Å². The molecule has 0 aliphatic heterocycles. The molecule has 0 fully saturated rings. The summed E-state index contributed by atoms with van der Waals surface area (Å²) in [4.78, 5) is 0. The first kappa shape index (κ1) is 17.0. The van der Waals surface area contributed by atoms with Gasteiger partial charge in [0.15, 0.2) is 0 Å². The lowest BCUT2D eigenvalue weighted by Gasteiger charge is -2.25. The third-order valence-electron chi connectivity index (χ3n) is 3.86. The highest BCUT2D eigenvalue weighted by Gasteiger charge is 2.20. The zero-order valence-electron chi connectivity index (χ0n) is 14.7. The summed E-state index contributed by atoms with van der Waals surface area (Å²) < 4.78 is 0. The molecule has 0 unspecified atom stereocenters. The van der Waals surface area contributed by atoms with Crippen LogP contribution >= 0.6 is 0 Å². The van der Waals surface area contributed by atoms with E-state index in [1.807, 2.05) is 13.0 Å². The first-order valence-electron chi connectivity index (χ1n) is 8.02.